The summed E-state index contributed by atoms with van der Waals surface area (Å²) in [6.07, 6.45) is 0.845. The predicted molar refractivity (Wildman–Crippen MR) is 73.4 cm³/mol. The SMILES string of the molecule is CC(C)NC(C)(C#N)CCN1CCOC(C)(C)C1. The van der Waals surface area contributed by atoms with Crippen LogP contribution in [0.3, 0.4) is 0 Å². The maximum atomic E-state index is 9.31. The molecule has 1 heterocycles. The molecule has 1 atom stereocenters. The van der Waals surface area contributed by atoms with E-state index in [4.69, 9.17) is 4.74 Å². The molecule has 18 heavy (non-hydrogen) atoms. The fourth-order valence-corrected chi connectivity index (χ4v) is 2.48. The standard InChI is InChI=1S/C14H27N3O/c1-12(2)16-14(5,10-15)6-7-17-8-9-18-13(3,4)11-17/h12,16H,6-9,11H2,1-5H3. The lowest BCUT2D eigenvalue weighted by Crippen LogP contribution is -2.51. The van der Waals surface area contributed by atoms with Gasteiger partial charge in [-0.1, -0.05) is 0 Å². The molecule has 1 unspecified atom stereocenters. The summed E-state index contributed by atoms with van der Waals surface area (Å²) in [5, 5.41) is 12.7. The Labute approximate surface area is 111 Å². The molecule has 1 fully saturated rings. The molecule has 0 aromatic rings. The van der Waals surface area contributed by atoms with E-state index in [-0.39, 0.29) is 5.60 Å². The summed E-state index contributed by atoms with van der Waals surface area (Å²) in [6.45, 7) is 14.0. The second kappa shape index (κ2) is 6.01. The highest BCUT2D eigenvalue weighted by Gasteiger charge is 2.30. The van der Waals surface area contributed by atoms with Crippen molar-refractivity contribution in [1.29, 1.82) is 5.26 Å². The van der Waals surface area contributed by atoms with E-state index in [9.17, 15) is 5.26 Å². The zero-order chi connectivity index (χ0) is 13.8. The third kappa shape index (κ3) is 4.93. The number of nitrogens with zero attached hydrogens (tertiary/aromatic N) is 2. The number of nitriles is 1. The first-order valence-electron chi connectivity index (χ1n) is 6.82. The molecule has 4 nitrogen and oxygen atoms in total. The van der Waals surface area contributed by atoms with Gasteiger partial charge in [-0.15, -0.1) is 0 Å². The minimum atomic E-state index is -0.434. The Morgan fingerprint density at radius 1 is 1.50 bits per heavy atom. The average Bonchev–Trinajstić information content (AvgIpc) is 2.24. The fraction of sp³-hybridized carbons (Fsp3) is 0.929. The zero-order valence-electron chi connectivity index (χ0n) is 12.4. The molecular weight excluding hydrogens is 226 g/mol. The lowest BCUT2D eigenvalue weighted by Gasteiger charge is -2.39. The van der Waals surface area contributed by atoms with Gasteiger partial charge in [0.2, 0.25) is 0 Å². The van der Waals surface area contributed by atoms with Crippen molar-refractivity contribution in [3.8, 4) is 6.07 Å². The van der Waals surface area contributed by atoms with E-state index >= 15 is 0 Å². The lowest BCUT2D eigenvalue weighted by molar-refractivity contribution is -0.0868. The first-order valence-corrected chi connectivity index (χ1v) is 6.82. The van der Waals surface area contributed by atoms with Crippen molar-refractivity contribution in [3.63, 3.8) is 0 Å². The van der Waals surface area contributed by atoms with Crippen molar-refractivity contribution in [2.75, 3.05) is 26.2 Å². The van der Waals surface area contributed by atoms with Gasteiger partial charge >= 0.3 is 0 Å². The van der Waals surface area contributed by atoms with Crippen LogP contribution in [0.15, 0.2) is 0 Å². The van der Waals surface area contributed by atoms with Gasteiger partial charge < -0.3 is 4.74 Å². The zero-order valence-corrected chi connectivity index (χ0v) is 12.4. The van der Waals surface area contributed by atoms with Crippen LogP contribution >= 0.6 is 0 Å². The summed E-state index contributed by atoms with van der Waals surface area (Å²) in [5.74, 6) is 0. The van der Waals surface area contributed by atoms with Crippen LogP contribution in [-0.2, 0) is 4.74 Å². The van der Waals surface area contributed by atoms with Crippen LogP contribution in [0.5, 0.6) is 0 Å². The van der Waals surface area contributed by atoms with Crippen molar-refractivity contribution in [3.05, 3.63) is 0 Å². The van der Waals surface area contributed by atoms with Crippen LogP contribution in [0.4, 0.5) is 0 Å². The lowest BCUT2D eigenvalue weighted by atomic mass is 9.97. The van der Waals surface area contributed by atoms with Crippen LogP contribution in [0.1, 0.15) is 41.0 Å². The number of ether oxygens (including phenoxy) is 1. The summed E-state index contributed by atoms with van der Waals surface area (Å²) in [4.78, 5) is 2.39. The van der Waals surface area contributed by atoms with Gasteiger partial charge in [0.15, 0.2) is 0 Å². The van der Waals surface area contributed by atoms with E-state index in [0.29, 0.717) is 6.04 Å². The monoisotopic (exact) mass is 253 g/mol. The Kier molecular flexibility index (Phi) is 5.15. The number of nitrogens with one attached hydrogen (secondary N) is 1. The Hall–Kier alpha value is -0.630. The molecule has 0 amide bonds. The van der Waals surface area contributed by atoms with Crippen molar-refractivity contribution >= 4 is 0 Å². The highest BCUT2D eigenvalue weighted by atomic mass is 16.5. The van der Waals surface area contributed by atoms with Gasteiger partial charge in [0.05, 0.1) is 18.3 Å². The Morgan fingerprint density at radius 2 is 2.17 bits per heavy atom. The number of morpholine rings is 1. The summed E-state index contributed by atoms with van der Waals surface area (Å²) < 4.78 is 5.70. The smallest absolute Gasteiger partial charge is 0.105 e. The molecule has 1 aliphatic heterocycles. The number of rotatable bonds is 5. The van der Waals surface area contributed by atoms with Crippen molar-refractivity contribution in [2.24, 2.45) is 0 Å². The first-order chi connectivity index (χ1) is 8.26. The summed E-state index contributed by atoms with van der Waals surface area (Å²) in [6, 6.07) is 2.73. The summed E-state index contributed by atoms with van der Waals surface area (Å²) >= 11 is 0. The van der Waals surface area contributed by atoms with Crippen LogP contribution in [0.25, 0.3) is 0 Å². The largest absolute Gasteiger partial charge is 0.373 e. The molecule has 0 spiro atoms. The van der Waals surface area contributed by atoms with Crippen molar-refractivity contribution in [1.82, 2.24) is 10.2 Å². The minimum absolute atomic E-state index is 0.0627. The molecule has 1 saturated heterocycles. The van der Waals surface area contributed by atoms with E-state index < -0.39 is 5.54 Å². The summed E-state index contributed by atoms with van der Waals surface area (Å²) in [7, 11) is 0. The normalized spacial score (nSPS) is 23.6. The molecule has 0 bridgehead atoms. The maximum absolute atomic E-state index is 9.31. The quantitative estimate of drug-likeness (QED) is 0.811. The topological polar surface area (TPSA) is 48.3 Å². The van der Waals surface area contributed by atoms with Gasteiger partial charge in [-0.3, -0.25) is 10.2 Å². The number of hydrogen-bond acceptors (Lipinski definition) is 4. The van der Waals surface area contributed by atoms with Gasteiger partial charge in [-0.05, 0) is 41.0 Å². The second-order valence-corrected chi connectivity index (χ2v) is 6.38. The molecule has 0 radical (unpaired) electrons. The molecule has 0 aliphatic carbocycles. The van der Waals surface area contributed by atoms with Gasteiger partial charge in [-0.25, -0.2) is 0 Å². The van der Waals surface area contributed by atoms with Crippen molar-refractivity contribution in [2.45, 2.75) is 58.2 Å². The molecule has 104 valence electrons. The molecule has 0 aromatic carbocycles. The summed E-state index contributed by atoms with van der Waals surface area (Å²) in [5.41, 5.74) is -0.497. The molecular formula is C14H27N3O. The Bertz CT molecular complexity index is 309. The van der Waals surface area contributed by atoms with Gasteiger partial charge in [0.25, 0.3) is 0 Å². The minimum Gasteiger partial charge on any atom is -0.373 e. The third-order valence-electron chi connectivity index (χ3n) is 3.29. The highest BCUT2D eigenvalue weighted by Crippen LogP contribution is 2.18. The van der Waals surface area contributed by atoms with Crippen LogP contribution in [0.2, 0.25) is 0 Å². The third-order valence-corrected chi connectivity index (χ3v) is 3.29. The fourth-order valence-electron chi connectivity index (χ4n) is 2.48. The molecule has 0 aromatic heterocycles. The first kappa shape index (κ1) is 15.4. The van der Waals surface area contributed by atoms with Gasteiger partial charge in [-0.2, -0.15) is 5.26 Å². The van der Waals surface area contributed by atoms with Crippen molar-refractivity contribution < 1.29 is 4.74 Å². The van der Waals surface area contributed by atoms with E-state index in [2.05, 4.69) is 44.0 Å². The van der Waals surface area contributed by atoms with Crippen LogP contribution in [0, 0.1) is 11.3 Å². The Morgan fingerprint density at radius 3 is 2.67 bits per heavy atom. The van der Waals surface area contributed by atoms with Gasteiger partial charge in [0.1, 0.15) is 5.54 Å². The molecule has 4 heteroatoms. The maximum Gasteiger partial charge on any atom is 0.105 e. The van der Waals surface area contributed by atoms with Crippen LogP contribution in [-0.4, -0.2) is 48.3 Å². The molecule has 1 aliphatic rings. The van der Waals surface area contributed by atoms with E-state index in [1.165, 1.54) is 0 Å². The molecule has 1 rings (SSSR count). The molecule has 1 N–H and O–H groups in total. The average molecular weight is 253 g/mol. The van der Waals surface area contributed by atoms with E-state index in [1.807, 2.05) is 6.92 Å². The number of hydrogen-bond donors (Lipinski definition) is 1. The predicted octanol–water partition coefficient (Wildman–Crippen LogP) is 1.77. The second-order valence-electron chi connectivity index (χ2n) is 6.38. The molecule has 0 saturated carbocycles. The van der Waals surface area contributed by atoms with Gasteiger partial charge in [0, 0.05) is 25.7 Å². The van der Waals surface area contributed by atoms with E-state index in [1.54, 1.807) is 0 Å². The van der Waals surface area contributed by atoms with Crippen LogP contribution < -0.4 is 5.32 Å². The Balaban J connectivity index is 2.46. The highest BCUT2D eigenvalue weighted by molar-refractivity contribution is 5.04. The van der Waals surface area contributed by atoms with E-state index in [0.717, 1.165) is 32.7 Å².